The number of benzene rings is 1. The zero-order valence-corrected chi connectivity index (χ0v) is 16.1. The maximum absolute atomic E-state index is 12.6. The maximum Gasteiger partial charge on any atom is 0.237 e. The molecular weight excluding hydrogens is 352 g/mol. The number of para-hydroxylation sites is 1. The normalized spacial score (nSPS) is 15.0. The van der Waals surface area contributed by atoms with Crippen LogP contribution < -0.4 is 5.32 Å². The number of amides is 1. The Bertz CT molecular complexity index is 770. The fraction of sp³-hybridized carbons (Fsp3) is 0.389. The van der Waals surface area contributed by atoms with Crippen molar-refractivity contribution >= 4 is 35.1 Å². The van der Waals surface area contributed by atoms with Gasteiger partial charge in [-0.25, -0.2) is 0 Å². The maximum atomic E-state index is 12.6. The fourth-order valence-corrected chi connectivity index (χ4v) is 3.94. The first-order valence-corrected chi connectivity index (χ1v) is 10.4. The van der Waals surface area contributed by atoms with E-state index in [-0.39, 0.29) is 11.2 Å². The number of anilines is 1. The molecule has 2 aromatic rings. The third-order valence-electron chi connectivity index (χ3n) is 4.02. The van der Waals surface area contributed by atoms with Crippen molar-refractivity contribution in [2.24, 2.45) is 0 Å². The number of nitrogens with one attached hydrogen (secondary N) is 1. The number of carbonyl (C=O) groups excluding carboxylic acids is 1. The van der Waals surface area contributed by atoms with E-state index in [0.29, 0.717) is 12.5 Å². The van der Waals surface area contributed by atoms with Crippen LogP contribution >= 0.6 is 23.5 Å². The van der Waals surface area contributed by atoms with E-state index in [4.69, 9.17) is 0 Å². The van der Waals surface area contributed by atoms with Crippen molar-refractivity contribution in [2.45, 2.75) is 47.5 Å². The van der Waals surface area contributed by atoms with Gasteiger partial charge in [0.15, 0.2) is 5.16 Å². The molecule has 1 aliphatic carbocycles. The summed E-state index contributed by atoms with van der Waals surface area (Å²) in [6, 6.07) is 7.82. The van der Waals surface area contributed by atoms with Crippen LogP contribution in [-0.2, 0) is 11.3 Å². The lowest BCUT2D eigenvalue weighted by atomic mass is 10.3. The molecule has 7 heteroatoms. The first-order valence-electron chi connectivity index (χ1n) is 8.28. The second kappa shape index (κ2) is 8.10. The topological polar surface area (TPSA) is 59.8 Å². The van der Waals surface area contributed by atoms with Gasteiger partial charge in [0.25, 0.3) is 0 Å². The van der Waals surface area contributed by atoms with Crippen LogP contribution in [0.15, 0.2) is 47.0 Å². The minimum absolute atomic E-state index is 0.0346. The van der Waals surface area contributed by atoms with Crippen LogP contribution in [0, 0.1) is 0 Å². The van der Waals surface area contributed by atoms with Crippen molar-refractivity contribution in [1.29, 1.82) is 0 Å². The third kappa shape index (κ3) is 4.27. The van der Waals surface area contributed by atoms with E-state index in [1.54, 1.807) is 11.8 Å². The van der Waals surface area contributed by atoms with Gasteiger partial charge >= 0.3 is 0 Å². The third-order valence-corrected chi connectivity index (χ3v) is 5.89. The summed E-state index contributed by atoms with van der Waals surface area (Å²) in [5, 5.41) is 12.2. The van der Waals surface area contributed by atoms with Crippen LogP contribution in [0.1, 0.15) is 31.5 Å². The molecule has 1 unspecified atom stereocenters. The smallest absolute Gasteiger partial charge is 0.237 e. The molecule has 1 saturated carbocycles. The Labute approximate surface area is 156 Å². The number of rotatable bonds is 8. The largest absolute Gasteiger partial charge is 0.324 e. The molecule has 25 heavy (non-hydrogen) atoms. The highest BCUT2D eigenvalue weighted by Crippen LogP contribution is 2.40. The minimum atomic E-state index is -0.269. The molecule has 0 spiro atoms. The molecule has 1 N–H and O–H groups in total. The van der Waals surface area contributed by atoms with E-state index in [9.17, 15) is 4.79 Å². The molecule has 0 radical (unpaired) electrons. The van der Waals surface area contributed by atoms with E-state index in [0.717, 1.165) is 21.6 Å². The van der Waals surface area contributed by atoms with Crippen LogP contribution in [-0.4, -0.2) is 32.2 Å². The lowest BCUT2D eigenvalue weighted by molar-refractivity contribution is -0.115. The van der Waals surface area contributed by atoms with Gasteiger partial charge in [-0.1, -0.05) is 30.0 Å². The van der Waals surface area contributed by atoms with E-state index >= 15 is 0 Å². The SMILES string of the molecule is C=CCn1c(SC(C)C(=O)Nc2ccccc2SC)nnc1C1CC1. The molecule has 1 aromatic heterocycles. The highest BCUT2D eigenvalue weighted by molar-refractivity contribution is 8.00. The monoisotopic (exact) mass is 374 g/mol. The zero-order valence-electron chi connectivity index (χ0n) is 14.4. The summed E-state index contributed by atoms with van der Waals surface area (Å²) >= 11 is 3.06. The van der Waals surface area contributed by atoms with Crippen LogP contribution in [0.5, 0.6) is 0 Å². The standard InChI is InChI=1S/C18H22N4OS2/c1-4-11-22-16(13-9-10-13)20-21-18(22)25-12(2)17(23)19-14-7-5-6-8-15(14)24-3/h4-8,12-13H,1,9-11H2,2-3H3,(H,19,23). The van der Waals surface area contributed by atoms with Gasteiger partial charge in [-0.05, 0) is 38.2 Å². The number of carbonyl (C=O) groups is 1. The quantitative estimate of drug-likeness (QED) is 0.555. The number of nitrogens with zero attached hydrogens (tertiary/aromatic N) is 3. The Hall–Kier alpha value is -1.73. The number of thioether (sulfide) groups is 2. The van der Waals surface area contributed by atoms with Crippen molar-refractivity contribution in [1.82, 2.24) is 14.8 Å². The van der Waals surface area contributed by atoms with Gasteiger partial charge in [0.2, 0.25) is 5.91 Å². The Morgan fingerprint density at radius 1 is 1.44 bits per heavy atom. The van der Waals surface area contributed by atoms with Crippen molar-refractivity contribution in [3.05, 3.63) is 42.7 Å². The Morgan fingerprint density at radius 3 is 2.88 bits per heavy atom. The zero-order chi connectivity index (χ0) is 17.8. The van der Waals surface area contributed by atoms with E-state index in [1.807, 2.05) is 43.5 Å². The summed E-state index contributed by atoms with van der Waals surface area (Å²) in [5.74, 6) is 1.50. The van der Waals surface area contributed by atoms with Gasteiger partial charge in [-0.3, -0.25) is 4.79 Å². The Kier molecular flexibility index (Phi) is 5.86. The van der Waals surface area contributed by atoms with E-state index in [1.165, 1.54) is 24.6 Å². The molecule has 3 rings (SSSR count). The molecule has 0 bridgehead atoms. The van der Waals surface area contributed by atoms with Gasteiger partial charge in [-0.15, -0.1) is 28.5 Å². The Morgan fingerprint density at radius 2 is 2.20 bits per heavy atom. The van der Waals surface area contributed by atoms with Gasteiger partial charge < -0.3 is 9.88 Å². The van der Waals surface area contributed by atoms with E-state index < -0.39 is 0 Å². The number of aromatic nitrogens is 3. The minimum Gasteiger partial charge on any atom is -0.324 e. The van der Waals surface area contributed by atoms with Crippen LogP contribution in [0.4, 0.5) is 5.69 Å². The lowest BCUT2D eigenvalue weighted by Gasteiger charge is -2.14. The molecule has 1 aliphatic rings. The summed E-state index contributed by atoms with van der Waals surface area (Å²) in [6.07, 6.45) is 6.18. The molecule has 1 fully saturated rings. The fourth-order valence-electron chi connectivity index (χ4n) is 2.53. The number of hydrogen-bond donors (Lipinski definition) is 1. The first-order chi connectivity index (χ1) is 12.1. The molecule has 132 valence electrons. The molecular formula is C18H22N4OS2. The summed E-state index contributed by atoms with van der Waals surface area (Å²) in [4.78, 5) is 13.6. The van der Waals surface area contributed by atoms with Gasteiger partial charge in [-0.2, -0.15) is 0 Å². The highest BCUT2D eigenvalue weighted by atomic mass is 32.2. The number of hydrogen-bond acceptors (Lipinski definition) is 5. The van der Waals surface area contributed by atoms with Crippen molar-refractivity contribution in [3.8, 4) is 0 Å². The second-order valence-electron chi connectivity index (χ2n) is 5.96. The number of allylic oxidation sites excluding steroid dienone is 1. The molecule has 0 saturated heterocycles. The average molecular weight is 375 g/mol. The van der Waals surface area contributed by atoms with Crippen LogP contribution in [0.3, 0.4) is 0 Å². The molecule has 0 aliphatic heterocycles. The van der Waals surface area contributed by atoms with Crippen molar-refractivity contribution in [2.75, 3.05) is 11.6 Å². The summed E-state index contributed by atoms with van der Waals surface area (Å²) in [5.41, 5.74) is 0.846. The lowest BCUT2D eigenvalue weighted by Crippen LogP contribution is -2.23. The van der Waals surface area contributed by atoms with Crippen molar-refractivity contribution < 1.29 is 4.79 Å². The molecule has 1 amide bonds. The average Bonchev–Trinajstić information content (AvgIpc) is 3.39. The highest BCUT2D eigenvalue weighted by Gasteiger charge is 2.31. The Balaban J connectivity index is 1.70. The summed E-state index contributed by atoms with van der Waals surface area (Å²) in [6.45, 7) is 6.39. The van der Waals surface area contributed by atoms with Gasteiger partial charge in [0, 0.05) is 17.4 Å². The van der Waals surface area contributed by atoms with Crippen LogP contribution in [0.2, 0.25) is 0 Å². The molecule has 5 nitrogen and oxygen atoms in total. The van der Waals surface area contributed by atoms with E-state index in [2.05, 4.69) is 26.7 Å². The van der Waals surface area contributed by atoms with Gasteiger partial charge in [0.1, 0.15) is 5.82 Å². The van der Waals surface area contributed by atoms with Gasteiger partial charge in [0.05, 0.1) is 10.9 Å². The summed E-state index contributed by atoms with van der Waals surface area (Å²) < 4.78 is 2.08. The molecule has 1 aromatic carbocycles. The van der Waals surface area contributed by atoms with Crippen LogP contribution in [0.25, 0.3) is 0 Å². The first kappa shape index (κ1) is 18.1. The second-order valence-corrected chi connectivity index (χ2v) is 8.12. The van der Waals surface area contributed by atoms with Crippen molar-refractivity contribution in [3.63, 3.8) is 0 Å². The predicted molar refractivity (Wildman–Crippen MR) is 104 cm³/mol. The predicted octanol–water partition coefficient (Wildman–Crippen LogP) is 4.18. The molecule has 1 heterocycles. The molecule has 1 atom stereocenters. The summed E-state index contributed by atoms with van der Waals surface area (Å²) in [7, 11) is 0.